The number of piperidine rings is 1. The predicted octanol–water partition coefficient (Wildman–Crippen LogP) is 2.92. The first-order valence-electron chi connectivity index (χ1n) is 12.0. The zero-order chi connectivity index (χ0) is 25.2. The van der Waals surface area contributed by atoms with Crippen LogP contribution in [0.2, 0.25) is 0 Å². The number of rotatable bonds is 3. The Morgan fingerprint density at radius 2 is 1.91 bits per heavy atom. The van der Waals surface area contributed by atoms with E-state index in [9.17, 15) is 27.3 Å². The van der Waals surface area contributed by atoms with E-state index in [1.807, 2.05) is 4.90 Å². The van der Waals surface area contributed by atoms with E-state index >= 15 is 0 Å². The molecule has 1 N–H and O–H groups in total. The van der Waals surface area contributed by atoms with Crippen molar-refractivity contribution in [2.75, 3.05) is 46.1 Å². The second-order valence-electron chi connectivity index (χ2n) is 11.1. The van der Waals surface area contributed by atoms with Gasteiger partial charge in [0.15, 0.2) is 0 Å². The van der Waals surface area contributed by atoms with Gasteiger partial charge in [0.1, 0.15) is 13.7 Å². The lowest BCUT2D eigenvalue weighted by molar-refractivity contribution is -0.140. The first-order chi connectivity index (χ1) is 16.3. The highest BCUT2D eigenvalue weighted by atomic mass is 31.2. The van der Waals surface area contributed by atoms with Gasteiger partial charge in [-0.05, 0) is 68.7 Å². The largest absolute Gasteiger partial charge is 0.416 e. The Bertz CT molecular complexity index is 1070. The number of benzene rings is 1. The van der Waals surface area contributed by atoms with Crippen molar-refractivity contribution in [2.45, 2.75) is 44.0 Å². The number of ether oxygens (including phenoxy) is 1. The highest BCUT2D eigenvalue weighted by molar-refractivity contribution is 7.70. The number of nitrogens with zero attached hydrogens (tertiary/aromatic N) is 2. The van der Waals surface area contributed by atoms with Gasteiger partial charge in [0.25, 0.3) is 0 Å². The van der Waals surface area contributed by atoms with Crippen molar-refractivity contribution in [1.82, 2.24) is 15.1 Å². The summed E-state index contributed by atoms with van der Waals surface area (Å²) in [5.41, 5.74) is -0.118. The molecule has 2 atom stereocenters. The summed E-state index contributed by atoms with van der Waals surface area (Å²) in [6.07, 6.45) is -1.57. The van der Waals surface area contributed by atoms with Crippen LogP contribution in [0.3, 0.4) is 0 Å². The quantitative estimate of drug-likeness (QED) is 0.631. The number of morpholine rings is 1. The van der Waals surface area contributed by atoms with Gasteiger partial charge in [-0.2, -0.15) is 13.2 Å². The van der Waals surface area contributed by atoms with Gasteiger partial charge < -0.3 is 24.4 Å². The molecule has 0 aromatic heterocycles. The van der Waals surface area contributed by atoms with E-state index in [4.69, 9.17) is 4.74 Å². The maximum absolute atomic E-state index is 13.4. The lowest BCUT2D eigenvalue weighted by Crippen LogP contribution is -2.68. The second kappa shape index (κ2) is 8.51. The second-order valence-corrected chi connectivity index (χ2v) is 14.3. The predicted molar refractivity (Wildman–Crippen MR) is 124 cm³/mol. The SMILES string of the molecule is CP(C)(=O)c1cc(CC2CC3(C2)CN(C(=O)N2CC[C@@H]4OCC(=O)N[C@@H]4C2)C3)cc(C(F)(F)F)c1. The highest BCUT2D eigenvalue weighted by Gasteiger charge is 2.54. The summed E-state index contributed by atoms with van der Waals surface area (Å²) >= 11 is 0. The van der Waals surface area contributed by atoms with Crippen LogP contribution in [0.4, 0.5) is 18.0 Å². The Balaban J connectivity index is 1.15. The number of likely N-dealkylation sites (tertiary alicyclic amines) is 2. The Morgan fingerprint density at radius 3 is 2.57 bits per heavy atom. The molecule has 1 saturated carbocycles. The third kappa shape index (κ3) is 4.96. The first kappa shape index (κ1) is 24.6. The van der Waals surface area contributed by atoms with E-state index in [2.05, 4.69) is 5.32 Å². The first-order valence-corrected chi connectivity index (χ1v) is 14.6. The summed E-state index contributed by atoms with van der Waals surface area (Å²) in [6, 6.07) is 3.65. The van der Waals surface area contributed by atoms with E-state index < -0.39 is 18.9 Å². The molecule has 5 rings (SSSR count). The molecule has 1 aromatic carbocycles. The Labute approximate surface area is 202 Å². The molecule has 7 nitrogen and oxygen atoms in total. The number of hydrogen-bond donors (Lipinski definition) is 1. The molecule has 0 unspecified atom stereocenters. The number of nitrogens with one attached hydrogen (secondary N) is 1. The average molecular weight is 513 g/mol. The van der Waals surface area contributed by atoms with Gasteiger partial charge in [-0.25, -0.2) is 4.79 Å². The Kier molecular flexibility index (Phi) is 5.99. The molecule has 4 aliphatic rings. The van der Waals surface area contributed by atoms with Crippen LogP contribution in [0.5, 0.6) is 0 Å². The van der Waals surface area contributed by atoms with Crippen LogP contribution in [0.1, 0.15) is 30.4 Å². The van der Waals surface area contributed by atoms with E-state index in [1.54, 1.807) is 11.0 Å². The molecule has 3 saturated heterocycles. The number of alkyl halides is 3. The normalized spacial score (nSPS) is 26.6. The summed E-state index contributed by atoms with van der Waals surface area (Å²) in [5.74, 6) is 0.0968. The average Bonchev–Trinajstić information content (AvgIpc) is 2.72. The maximum atomic E-state index is 13.4. The topological polar surface area (TPSA) is 79.0 Å². The number of carbonyl (C=O) groups excluding carboxylic acids is 2. The molecule has 0 radical (unpaired) electrons. The van der Waals surface area contributed by atoms with Crippen LogP contribution in [0.15, 0.2) is 18.2 Å². The van der Waals surface area contributed by atoms with Crippen LogP contribution in [-0.4, -0.2) is 80.0 Å². The maximum Gasteiger partial charge on any atom is 0.416 e. The molecule has 192 valence electrons. The minimum absolute atomic E-state index is 0.0264. The van der Waals surface area contributed by atoms with Crippen LogP contribution in [0, 0.1) is 11.3 Å². The molecular weight excluding hydrogens is 482 g/mol. The standard InChI is InChI=1S/C24H31F3N3O4P/c1-35(2,33)18-7-15(6-17(8-18)24(25,26)27)5-16-9-23(10-16)13-30(14-23)22(32)29-4-3-20-19(11-29)28-21(31)12-34-20/h6-8,16,19-20H,3-5,9-14H2,1-2H3,(H,28,31)/t19-,20+/m1/s1. The minimum Gasteiger partial charge on any atom is -0.366 e. The van der Waals surface area contributed by atoms with E-state index in [0.29, 0.717) is 44.6 Å². The fourth-order valence-corrected chi connectivity index (χ4v) is 7.07. The van der Waals surface area contributed by atoms with Crippen molar-refractivity contribution in [3.8, 4) is 0 Å². The summed E-state index contributed by atoms with van der Waals surface area (Å²) in [4.78, 5) is 28.2. The van der Waals surface area contributed by atoms with Crippen molar-refractivity contribution in [3.63, 3.8) is 0 Å². The van der Waals surface area contributed by atoms with Crippen molar-refractivity contribution >= 4 is 24.4 Å². The Morgan fingerprint density at radius 1 is 1.20 bits per heavy atom. The summed E-state index contributed by atoms with van der Waals surface area (Å²) in [5, 5.41) is 3.17. The number of fused-ring (bicyclic) bond motifs is 1. The molecule has 0 bridgehead atoms. The number of hydrogen-bond acceptors (Lipinski definition) is 4. The van der Waals surface area contributed by atoms with Crippen LogP contribution in [0.25, 0.3) is 0 Å². The fourth-order valence-electron chi connectivity index (χ4n) is 6.14. The van der Waals surface area contributed by atoms with Gasteiger partial charge in [0.2, 0.25) is 5.91 Å². The molecule has 3 aliphatic heterocycles. The zero-order valence-electron chi connectivity index (χ0n) is 19.9. The number of carbonyl (C=O) groups is 2. The van der Waals surface area contributed by atoms with E-state index in [-0.39, 0.29) is 47.3 Å². The molecule has 1 aliphatic carbocycles. The van der Waals surface area contributed by atoms with E-state index in [1.165, 1.54) is 19.4 Å². The number of amides is 3. The molecule has 4 fully saturated rings. The smallest absolute Gasteiger partial charge is 0.366 e. The highest BCUT2D eigenvalue weighted by Crippen LogP contribution is 2.53. The molecule has 1 aromatic rings. The van der Waals surface area contributed by atoms with Crippen molar-refractivity contribution in [2.24, 2.45) is 11.3 Å². The lowest BCUT2D eigenvalue weighted by Gasteiger charge is -2.60. The molecule has 35 heavy (non-hydrogen) atoms. The van der Waals surface area contributed by atoms with Gasteiger partial charge in [-0.3, -0.25) is 4.79 Å². The monoisotopic (exact) mass is 513 g/mol. The van der Waals surface area contributed by atoms with Gasteiger partial charge in [0, 0.05) is 36.9 Å². The molecule has 11 heteroatoms. The Hall–Kier alpha value is -2.06. The van der Waals surface area contributed by atoms with E-state index in [0.717, 1.165) is 18.9 Å². The molecule has 1 spiro atoms. The molecular formula is C24H31F3N3O4P. The number of urea groups is 1. The summed E-state index contributed by atoms with van der Waals surface area (Å²) in [6.45, 7) is 5.40. The van der Waals surface area contributed by atoms with Crippen molar-refractivity contribution < 1.29 is 32.1 Å². The third-order valence-electron chi connectivity index (χ3n) is 7.81. The van der Waals surface area contributed by atoms with Gasteiger partial charge >= 0.3 is 12.2 Å². The third-order valence-corrected chi connectivity index (χ3v) is 9.31. The van der Waals surface area contributed by atoms with Crippen LogP contribution >= 0.6 is 7.14 Å². The number of halogens is 3. The zero-order valence-corrected chi connectivity index (χ0v) is 20.8. The summed E-state index contributed by atoms with van der Waals surface area (Å²) in [7, 11) is -2.82. The summed E-state index contributed by atoms with van der Waals surface area (Å²) < 4.78 is 58.2. The van der Waals surface area contributed by atoms with Crippen molar-refractivity contribution in [1.29, 1.82) is 0 Å². The van der Waals surface area contributed by atoms with Gasteiger partial charge in [0.05, 0.1) is 17.7 Å². The van der Waals surface area contributed by atoms with Gasteiger partial charge in [-0.15, -0.1) is 0 Å². The fraction of sp³-hybridized carbons (Fsp3) is 0.667. The van der Waals surface area contributed by atoms with Crippen molar-refractivity contribution in [3.05, 3.63) is 29.3 Å². The molecule has 3 heterocycles. The van der Waals surface area contributed by atoms with Gasteiger partial charge in [-0.1, -0.05) is 0 Å². The van der Waals surface area contributed by atoms with Crippen LogP contribution in [-0.2, 0) is 26.7 Å². The van der Waals surface area contributed by atoms with Crippen LogP contribution < -0.4 is 10.6 Å². The lowest BCUT2D eigenvalue weighted by atomic mass is 9.56. The molecule has 3 amide bonds. The minimum atomic E-state index is -4.48.